The molecule has 8 heteroatoms. The number of benzene rings is 1. The minimum atomic E-state index is -0.645. The average molecular weight is 372 g/mol. The summed E-state index contributed by atoms with van der Waals surface area (Å²) in [6.45, 7) is 1.17. The number of urea groups is 1. The summed E-state index contributed by atoms with van der Waals surface area (Å²) in [5, 5.41) is 6.46. The first kappa shape index (κ1) is 18.9. The molecule has 27 heavy (non-hydrogen) atoms. The Kier molecular flexibility index (Phi) is 6.08. The zero-order chi connectivity index (χ0) is 19.2. The molecule has 3 N–H and O–H groups in total. The number of H-pyrrole nitrogens is 1. The highest BCUT2D eigenvalue weighted by Gasteiger charge is 2.37. The van der Waals surface area contributed by atoms with Crippen molar-refractivity contribution in [2.45, 2.75) is 25.3 Å². The number of carbonyl (C=O) groups excluding carboxylic acids is 3. The van der Waals surface area contributed by atoms with Crippen LogP contribution in [0.3, 0.4) is 0 Å². The highest BCUT2D eigenvalue weighted by molar-refractivity contribution is 6.04. The lowest BCUT2D eigenvalue weighted by Gasteiger charge is -2.12. The third-order valence-electron chi connectivity index (χ3n) is 4.68. The molecule has 0 saturated carbocycles. The van der Waals surface area contributed by atoms with Crippen LogP contribution < -0.4 is 10.6 Å². The summed E-state index contributed by atoms with van der Waals surface area (Å²) in [5.41, 5.74) is 2.09. The summed E-state index contributed by atoms with van der Waals surface area (Å²) >= 11 is 0. The van der Waals surface area contributed by atoms with Crippen molar-refractivity contribution in [3.05, 3.63) is 36.0 Å². The van der Waals surface area contributed by atoms with Gasteiger partial charge in [-0.2, -0.15) is 0 Å². The van der Waals surface area contributed by atoms with Crippen molar-refractivity contribution in [3.8, 4) is 0 Å². The molecule has 1 aromatic carbocycles. The van der Waals surface area contributed by atoms with Gasteiger partial charge in [0, 0.05) is 43.7 Å². The molecule has 2 aromatic rings. The van der Waals surface area contributed by atoms with Gasteiger partial charge in [-0.15, -0.1) is 0 Å². The van der Waals surface area contributed by atoms with E-state index in [1.54, 1.807) is 7.11 Å². The largest absolute Gasteiger partial charge is 0.383 e. The number of amides is 4. The molecule has 144 valence electrons. The number of nitrogens with zero attached hydrogens (tertiary/aromatic N) is 1. The lowest BCUT2D eigenvalue weighted by molar-refractivity contribution is -0.127. The van der Waals surface area contributed by atoms with Crippen LogP contribution in [-0.4, -0.2) is 60.6 Å². The SMILES string of the molecule is COCCNC(=O)CCC1NC(=O)N(CCc2c[nH]c3ccccc23)C1=O. The molecular formula is C19H24N4O4. The Labute approximate surface area is 157 Å². The van der Waals surface area contributed by atoms with Crippen molar-refractivity contribution in [2.75, 3.05) is 26.8 Å². The normalized spacial score (nSPS) is 16.8. The minimum absolute atomic E-state index is 0.161. The lowest BCUT2D eigenvalue weighted by Crippen LogP contribution is -2.34. The number of carbonyl (C=O) groups is 3. The Morgan fingerprint density at radius 3 is 2.93 bits per heavy atom. The highest BCUT2D eigenvalue weighted by Crippen LogP contribution is 2.19. The number of nitrogens with one attached hydrogen (secondary N) is 3. The maximum atomic E-state index is 12.5. The van der Waals surface area contributed by atoms with Gasteiger partial charge < -0.3 is 20.4 Å². The predicted molar refractivity (Wildman–Crippen MR) is 100 cm³/mol. The van der Waals surface area contributed by atoms with Gasteiger partial charge in [0.1, 0.15) is 6.04 Å². The van der Waals surface area contributed by atoms with E-state index in [2.05, 4.69) is 15.6 Å². The number of para-hydroxylation sites is 1. The van der Waals surface area contributed by atoms with Crippen molar-refractivity contribution in [3.63, 3.8) is 0 Å². The van der Waals surface area contributed by atoms with E-state index < -0.39 is 12.1 Å². The predicted octanol–water partition coefficient (Wildman–Crippen LogP) is 1.17. The van der Waals surface area contributed by atoms with Gasteiger partial charge in [-0.05, 0) is 24.5 Å². The lowest BCUT2D eigenvalue weighted by atomic mass is 10.1. The van der Waals surface area contributed by atoms with Crippen molar-refractivity contribution in [1.82, 2.24) is 20.5 Å². The van der Waals surface area contributed by atoms with Crippen LogP contribution in [0, 0.1) is 0 Å². The maximum absolute atomic E-state index is 12.5. The van der Waals surface area contributed by atoms with Gasteiger partial charge >= 0.3 is 6.03 Å². The number of methoxy groups -OCH3 is 1. The number of aromatic amines is 1. The Bertz CT molecular complexity index is 832. The smallest absolute Gasteiger partial charge is 0.324 e. The van der Waals surface area contributed by atoms with Gasteiger partial charge in [0.25, 0.3) is 5.91 Å². The Morgan fingerprint density at radius 2 is 2.11 bits per heavy atom. The second kappa shape index (κ2) is 8.68. The molecule has 0 aliphatic carbocycles. The van der Waals surface area contributed by atoms with Crippen LogP contribution in [0.1, 0.15) is 18.4 Å². The molecule has 0 spiro atoms. The monoisotopic (exact) mass is 372 g/mol. The van der Waals surface area contributed by atoms with Crippen LogP contribution in [0.5, 0.6) is 0 Å². The van der Waals surface area contributed by atoms with E-state index >= 15 is 0 Å². The number of rotatable bonds is 9. The molecule has 1 saturated heterocycles. The summed E-state index contributed by atoms with van der Waals surface area (Å²) in [4.78, 5) is 40.8. The number of ether oxygens (including phenoxy) is 1. The topological polar surface area (TPSA) is 104 Å². The van der Waals surface area contributed by atoms with Crippen LogP contribution in [0.25, 0.3) is 10.9 Å². The molecule has 8 nitrogen and oxygen atoms in total. The molecule has 1 unspecified atom stereocenters. The molecule has 1 aliphatic rings. The fourth-order valence-electron chi connectivity index (χ4n) is 3.21. The van der Waals surface area contributed by atoms with E-state index in [1.165, 1.54) is 4.90 Å². The Morgan fingerprint density at radius 1 is 1.30 bits per heavy atom. The first-order valence-corrected chi connectivity index (χ1v) is 9.02. The molecule has 0 bridgehead atoms. The van der Waals surface area contributed by atoms with Gasteiger partial charge in [0.15, 0.2) is 0 Å². The molecule has 3 rings (SSSR count). The van der Waals surface area contributed by atoms with Crippen LogP contribution >= 0.6 is 0 Å². The highest BCUT2D eigenvalue weighted by atomic mass is 16.5. The van der Waals surface area contributed by atoms with E-state index in [1.807, 2.05) is 30.5 Å². The van der Waals surface area contributed by atoms with Crippen LogP contribution in [0.15, 0.2) is 30.5 Å². The zero-order valence-electron chi connectivity index (χ0n) is 15.3. The average Bonchev–Trinajstić information content (AvgIpc) is 3.19. The molecule has 2 heterocycles. The molecule has 1 fully saturated rings. The van der Waals surface area contributed by atoms with Crippen LogP contribution in [-0.2, 0) is 20.7 Å². The van der Waals surface area contributed by atoms with Crippen molar-refractivity contribution in [1.29, 1.82) is 0 Å². The number of aromatic nitrogens is 1. The summed E-state index contributed by atoms with van der Waals surface area (Å²) in [7, 11) is 1.56. The standard InChI is InChI=1S/C19H24N4O4/c1-27-11-9-20-17(24)7-6-16-18(25)23(19(26)22-16)10-8-13-12-21-15-5-3-2-4-14(13)15/h2-5,12,16,21H,6-11H2,1H3,(H,20,24)(H,22,26). The quantitative estimate of drug-likeness (QED) is 0.454. The summed E-state index contributed by atoms with van der Waals surface area (Å²) in [5.74, 6) is -0.434. The van der Waals surface area contributed by atoms with Crippen LogP contribution in [0.4, 0.5) is 4.79 Å². The van der Waals surface area contributed by atoms with Gasteiger partial charge in [-0.1, -0.05) is 18.2 Å². The van der Waals surface area contributed by atoms with E-state index in [0.29, 0.717) is 26.1 Å². The number of imide groups is 1. The Balaban J connectivity index is 1.51. The van der Waals surface area contributed by atoms with Gasteiger partial charge in [0.05, 0.1) is 6.61 Å². The summed E-state index contributed by atoms with van der Waals surface area (Å²) in [6.07, 6.45) is 2.95. The molecule has 1 aromatic heterocycles. The van der Waals surface area contributed by atoms with Crippen molar-refractivity contribution >= 4 is 28.7 Å². The summed E-state index contributed by atoms with van der Waals surface area (Å²) in [6, 6.07) is 6.87. The van der Waals surface area contributed by atoms with Crippen molar-refractivity contribution in [2.24, 2.45) is 0 Å². The van der Waals surface area contributed by atoms with E-state index in [-0.39, 0.29) is 24.7 Å². The first-order chi connectivity index (χ1) is 13.1. The zero-order valence-corrected chi connectivity index (χ0v) is 15.3. The number of hydrogen-bond donors (Lipinski definition) is 3. The van der Waals surface area contributed by atoms with Crippen LogP contribution in [0.2, 0.25) is 0 Å². The Hall–Kier alpha value is -2.87. The first-order valence-electron chi connectivity index (χ1n) is 9.02. The number of hydrogen-bond acceptors (Lipinski definition) is 4. The van der Waals surface area contributed by atoms with E-state index in [9.17, 15) is 14.4 Å². The second-order valence-electron chi connectivity index (χ2n) is 6.48. The fourth-order valence-corrected chi connectivity index (χ4v) is 3.21. The maximum Gasteiger partial charge on any atom is 0.324 e. The third kappa shape index (κ3) is 4.46. The third-order valence-corrected chi connectivity index (χ3v) is 4.68. The van der Waals surface area contributed by atoms with Gasteiger partial charge in [-0.3, -0.25) is 14.5 Å². The van der Waals surface area contributed by atoms with Crippen molar-refractivity contribution < 1.29 is 19.1 Å². The molecular weight excluding hydrogens is 348 g/mol. The van der Waals surface area contributed by atoms with Gasteiger partial charge in [-0.25, -0.2) is 4.79 Å². The minimum Gasteiger partial charge on any atom is -0.383 e. The van der Waals surface area contributed by atoms with E-state index in [4.69, 9.17) is 4.74 Å². The number of fused-ring (bicyclic) bond motifs is 1. The fraction of sp³-hybridized carbons (Fsp3) is 0.421. The molecule has 1 atom stereocenters. The molecule has 1 aliphatic heterocycles. The molecule has 0 radical (unpaired) electrons. The molecule has 4 amide bonds. The second-order valence-corrected chi connectivity index (χ2v) is 6.48. The van der Waals surface area contributed by atoms with Gasteiger partial charge in [0.2, 0.25) is 5.91 Å². The van der Waals surface area contributed by atoms with E-state index in [0.717, 1.165) is 16.5 Å². The summed E-state index contributed by atoms with van der Waals surface area (Å²) < 4.78 is 4.86.